The van der Waals surface area contributed by atoms with E-state index in [1.165, 1.54) is 0 Å². The summed E-state index contributed by atoms with van der Waals surface area (Å²) >= 11 is 0. The van der Waals surface area contributed by atoms with Gasteiger partial charge in [0.25, 0.3) is 5.56 Å². The Labute approximate surface area is 146 Å². The minimum atomic E-state index is -0.220. The van der Waals surface area contributed by atoms with Gasteiger partial charge in [0.15, 0.2) is 0 Å². The van der Waals surface area contributed by atoms with Crippen LogP contribution in [-0.4, -0.2) is 57.8 Å². The van der Waals surface area contributed by atoms with Crippen molar-refractivity contribution in [1.82, 2.24) is 19.4 Å². The molecule has 7 nitrogen and oxygen atoms in total. The molecule has 25 heavy (non-hydrogen) atoms. The van der Waals surface area contributed by atoms with Crippen LogP contribution in [-0.2, 0) is 22.6 Å². The molecule has 0 bridgehead atoms. The van der Waals surface area contributed by atoms with Crippen molar-refractivity contribution in [2.75, 3.05) is 26.7 Å². The van der Waals surface area contributed by atoms with E-state index in [1.807, 2.05) is 4.90 Å². The van der Waals surface area contributed by atoms with Gasteiger partial charge >= 0.3 is 0 Å². The highest BCUT2D eigenvalue weighted by Crippen LogP contribution is 2.30. The Morgan fingerprint density at radius 1 is 1.20 bits per heavy atom. The Kier molecular flexibility index (Phi) is 4.09. The van der Waals surface area contributed by atoms with Gasteiger partial charge in [-0.25, -0.2) is 0 Å². The van der Waals surface area contributed by atoms with Crippen molar-refractivity contribution in [2.24, 2.45) is 5.92 Å². The van der Waals surface area contributed by atoms with Crippen molar-refractivity contribution in [2.45, 2.75) is 44.6 Å². The number of hydrogen-bond acceptors (Lipinski definition) is 4. The summed E-state index contributed by atoms with van der Waals surface area (Å²) in [5, 5.41) is 0. The molecule has 3 aliphatic heterocycles. The van der Waals surface area contributed by atoms with Crippen LogP contribution < -0.4 is 5.56 Å². The van der Waals surface area contributed by atoms with Crippen molar-refractivity contribution in [3.8, 4) is 0 Å². The Balaban J connectivity index is 1.53. The molecule has 134 valence electrons. The van der Waals surface area contributed by atoms with Crippen LogP contribution in [0, 0.1) is 5.92 Å². The molecule has 4 heterocycles. The fourth-order valence-electron chi connectivity index (χ4n) is 4.46. The quantitative estimate of drug-likeness (QED) is 0.777. The summed E-state index contributed by atoms with van der Waals surface area (Å²) in [6.07, 6.45) is 4.11. The lowest BCUT2D eigenvalue weighted by molar-refractivity contribution is -0.137. The highest BCUT2D eigenvalue weighted by Gasteiger charge is 2.37. The molecule has 0 radical (unpaired) electrons. The molecule has 1 aromatic rings. The maximum Gasteiger partial charge on any atom is 0.273 e. The normalized spacial score (nSPS) is 26.2. The fourth-order valence-corrected chi connectivity index (χ4v) is 4.46. The number of hydrogen-bond donors (Lipinski definition) is 0. The monoisotopic (exact) mass is 344 g/mol. The van der Waals surface area contributed by atoms with Crippen LogP contribution >= 0.6 is 0 Å². The highest BCUT2D eigenvalue weighted by molar-refractivity contribution is 5.89. The number of fused-ring (bicyclic) bond motifs is 1. The van der Waals surface area contributed by atoms with Gasteiger partial charge in [-0.15, -0.1) is 0 Å². The molecule has 2 atom stereocenters. The number of aryl methyl sites for hydroxylation is 1. The standard InChI is InChI=1S/C18H24N4O3/c1-20-10-13(8-17(20)24)18(25)21-6-2-4-12(11-21)14-9-16(23)19-15-5-3-7-22(14)15/h9,12-13H,2-8,10-11H2,1H3. The molecular weight excluding hydrogens is 320 g/mol. The van der Waals surface area contributed by atoms with Crippen molar-refractivity contribution in [3.05, 3.63) is 27.9 Å². The van der Waals surface area contributed by atoms with Crippen molar-refractivity contribution in [3.63, 3.8) is 0 Å². The van der Waals surface area contributed by atoms with Gasteiger partial charge in [-0.1, -0.05) is 0 Å². The van der Waals surface area contributed by atoms with E-state index in [0.717, 1.165) is 50.3 Å². The minimum absolute atomic E-state index is 0.0467. The largest absolute Gasteiger partial charge is 0.345 e. The lowest BCUT2D eigenvalue weighted by Crippen LogP contribution is -2.43. The van der Waals surface area contributed by atoms with Crippen LogP contribution in [0.5, 0.6) is 0 Å². The first-order valence-electron chi connectivity index (χ1n) is 9.16. The summed E-state index contributed by atoms with van der Waals surface area (Å²) in [6.45, 7) is 2.80. The predicted molar refractivity (Wildman–Crippen MR) is 91.1 cm³/mol. The number of nitrogens with zero attached hydrogens (tertiary/aromatic N) is 4. The summed E-state index contributed by atoms with van der Waals surface area (Å²) in [6, 6.07) is 1.65. The lowest BCUT2D eigenvalue weighted by Gasteiger charge is -2.35. The first kappa shape index (κ1) is 16.3. The van der Waals surface area contributed by atoms with Crippen molar-refractivity contribution in [1.29, 1.82) is 0 Å². The smallest absolute Gasteiger partial charge is 0.273 e. The van der Waals surface area contributed by atoms with Gasteiger partial charge in [0.05, 0.1) is 5.92 Å². The molecule has 3 aliphatic rings. The first-order chi connectivity index (χ1) is 12.0. The summed E-state index contributed by atoms with van der Waals surface area (Å²) in [5.74, 6) is 0.974. The topological polar surface area (TPSA) is 75.5 Å². The molecule has 0 aromatic carbocycles. The predicted octanol–water partition coefficient (Wildman–Crippen LogP) is 0.374. The van der Waals surface area contributed by atoms with Gasteiger partial charge in [-0.3, -0.25) is 14.4 Å². The molecule has 1 aromatic heterocycles. The zero-order valence-electron chi connectivity index (χ0n) is 14.6. The number of rotatable bonds is 2. The van der Waals surface area contributed by atoms with E-state index in [1.54, 1.807) is 18.0 Å². The summed E-state index contributed by atoms with van der Waals surface area (Å²) in [7, 11) is 1.75. The maximum atomic E-state index is 12.8. The number of piperidine rings is 1. The summed E-state index contributed by atoms with van der Waals surface area (Å²) < 4.78 is 2.17. The third-order valence-electron chi connectivity index (χ3n) is 5.76. The fraction of sp³-hybridized carbons (Fsp3) is 0.667. The van der Waals surface area contributed by atoms with E-state index >= 15 is 0 Å². The second-order valence-electron chi connectivity index (χ2n) is 7.49. The van der Waals surface area contributed by atoms with Crippen molar-refractivity contribution < 1.29 is 9.59 Å². The summed E-state index contributed by atoms with van der Waals surface area (Å²) in [5.41, 5.74) is 0.860. The second kappa shape index (κ2) is 6.28. The van der Waals surface area contributed by atoms with Gasteiger partial charge in [0.1, 0.15) is 5.82 Å². The zero-order chi connectivity index (χ0) is 17.6. The lowest BCUT2D eigenvalue weighted by atomic mass is 9.93. The van der Waals surface area contributed by atoms with Crippen LogP contribution in [0.3, 0.4) is 0 Å². The number of aromatic nitrogens is 2. The Bertz CT molecular complexity index is 772. The van der Waals surface area contributed by atoms with Crippen LogP contribution in [0.2, 0.25) is 0 Å². The molecule has 4 rings (SSSR count). The molecule has 7 heteroatoms. The molecule has 2 amide bonds. The average Bonchev–Trinajstić information content (AvgIpc) is 3.20. The van der Waals surface area contributed by atoms with E-state index in [4.69, 9.17) is 0 Å². The minimum Gasteiger partial charge on any atom is -0.345 e. The van der Waals surface area contributed by atoms with Crippen LogP contribution in [0.1, 0.15) is 43.1 Å². The molecule has 2 saturated heterocycles. The number of likely N-dealkylation sites (tertiary alicyclic amines) is 2. The number of carbonyl (C=O) groups excluding carboxylic acids is 2. The summed E-state index contributed by atoms with van der Waals surface area (Å²) in [4.78, 5) is 44.2. The molecule has 0 N–H and O–H groups in total. The van der Waals surface area contributed by atoms with E-state index in [0.29, 0.717) is 19.5 Å². The molecule has 2 fully saturated rings. The van der Waals surface area contributed by atoms with Gasteiger partial charge in [0, 0.05) is 63.7 Å². The SMILES string of the molecule is CN1CC(C(=O)N2CCCC(c3cc(=O)nc4n3CCC4)C2)CC1=O. The van der Waals surface area contributed by atoms with Gasteiger partial charge in [-0.05, 0) is 19.3 Å². The van der Waals surface area contributed by atoms with Gasteiger partial charge in [-0.2, -0.15) is 4.98 Å². The molecular formula is C18H24N4O3. The third-order valence-corrected chi connectivity index (χ3v) is 5.76. The van der Waals surface area contributed by atoms with Crippen molar-refractivity contribution >= 4 is 11.8 Å². The average molecular weight is 344 g/mol. The van der Waals surface area contributed by atoms with E-state index in [-0.39, 0.29) is 29.2 Å². The second-order valence-corrected chi connectivity index (χ2v) is 7.49. The van der Waals surface area contributed by atoms with Crippen LogP contribution in [0.4, 0.5) is 0 Å². The number of carbonyl (C=O) groups is 2. The van der Waals surface area contributed by atoms with E-state index in [9.17, 15) is 14.4 Å². The number of amides is 2. The molecule has 0 saturated carbocycles. The zero-order valence-corrected chi connectivity index (χ0v) is 14.6. The highest BCUT2D eigenvalue weighted by atomic mass is 16.2. The first-order valence-corrected chi connectivity index (χ1v) is 9.16. The van der Waals surface area contributed by atoms with Gasteiger partial charge in [0.2, 0.25) is 11.8 Å². The molecule has 0 spiro atoms. The Morgan fingerprint density at radius 3 is 2.80 bits per heavy atom. The van der Waals surface area contributed by atoms with E-state index < -0.39 is 0 Å². The molecule has 0 aliphatic carbocycles. The third kappa shape index (κ3) is 2.96. The van der Waals surface area contributed by atoms with Crippen LogP contribution in [0.25, 0.3) is 0 Å². The maximum absolute atomic E-state index is 12.8. The Hall–Kier alpha value is -2.18. The van der Waals surface area contributed by atoms with Gasteiger partial charge < -0.3 is 14.4 Å². The van der Waals surface area contributed by atoms with Crippen LogP contribution in [0.15, 0.2) is 10.9 Å². The molecule has 2 unspecified atom stereocenters. The Morgan fingerprint density at radius 2 is 2.04 bits per heavy atom. The van der Waals surface area contributed by atoms with E-state index in [2.05, 4.69) is 9.55 Å².